The van der Waals surface area contributed by atoms with Gasteiger partial charge in [-0.15, -0.1) is 11.3 Å². The molecule has 2 aromatic heterocycles. The normalized spacial score (nSPS) is 10.9. The maximum atomic E-state index is 11.0. The van der Waals surface area contributed by atoms with Gasteiger partial charge in [-0.05, 0) is 16.8 Å². The van der Waals surface area contributed by atoms with Gasteiger partial charge in [-0.2, -0.15) is 5.10 Å². The number of carbonyl (C=O) groups is 1. The molecule has 84 valence electrons. The van der Waals surface area contributed by atoms with E-state index in [4.69, 9.17) is 0 Å². The molecule has 0 aliphatic heterocycles. The molecule has 0 bridgehead atoms. The molecular formula is C13H10N2OS. The summed E-state index contributed by atoms with van der Waals surface area (Å²) < 4.78 is 2.85. The first-order valence-electron chi connectivity index (χ1n) is 5.25. The maximum absolute atomic E-state index is 11.0. The van der Waals surface area contributed by atoms with Gasteiger partial charge in [0.1, 0.15) is 5.69 Å². The van der Waals surface area contributed by atoms with Crippen molar-refractivity contribution in [1.29, 1.82) is 0 Å². The lowest BCUT2D eigenvalue weighted by Gasteiger charge is -2.00. The third-order valence-corrected chi connectivity index (χ3v) is 3.68. The highest BCUT2D eigenvalue weighted by Gasteiger charge is 2.12. The van der Waals surface area contributed by atoms with E-state index in [2.05, 4.69) is 22.6 Å². The number of hydrogen-bond donors (Lipinski definition) is 0. The van der Waals surface area contributed by atoms with Crippen molar-refractivity contribution >= 4 is 27.7 Å². The summed E-state index contributed by atoms with van der Waals surface area (Å²) in [6.07, 6.45) is 2.60. The number of aromatic nitrogens is 2. The van der Waals surface area contributed by atoms with Crippen LogP contribution in [0, 0.1) is 0 Å². The highest BCUT2D eigenvalue weighted by molar-refractivity contribution is 7.17. The van der Waals surface area contributed by atoms with Crippen LogP contribution in [-0.4, -0.2) is 16.1 Å². The molecule has 0 aliphatic rings. The van der Waals surface area contributed by atoms with Crippen molar-refractivity contribution in [2.75, 3.05) is 0 Å². The third kappa shape index (κ3) is 1.57. The molecule has 17 heavy (non-hydrogen) atoms. The molecule has 0 N–H and O–H groups in total. The number of nitrogens with zero attached hydrogens (tertiary/aromatic N) is 2. The summed E-state index contributed by atoms with van der Waals surface area (Å²) in [5.74, 6) is 0. The van der Waals surface area contributed by atoms with Crippen molar-refractivity contribution in [3.63, 3.8) is 0 Å². The largest absolute Gasteiger partial charge is 0.298 e. The molecule has 0 fully saturated rings. The zero-order chi connectivity index (χ0) is 11.8. The van der Waals surface area contributed by atoms with Gasteiger partial charge in [-0.3, -0.25) is 9.48 Å². The monoisotopic (exact) mass is 242 g/mol. The minimum absolute atomic E-state index is 0.633. The molecule has 0 spiro atoms. The predicted molar refractivity (Wildman–Crippen MR) is 69.4 cm³/mol. The van der Waals surface area contributed by atoms with Crippen molar-refractivity contribution in [1.82, 2.24) is 9.78 Å². The number of aryl methyl sites for hydroxylation is 1. The minimum Gasteiger partial charge on any atom is -0.298 e. The molecule has 0 unspecified atom stereocenters. The van der Waals surface area contributed by atoms with Crippen molar-refractivity contribution in [2.24, 2.45) is 7.05 Å². The van der Waals surface area contributed by atoms with Crippen LogP contribution >= 0.6 is 11.3 Å². The first-order valence-corrected chi connectivity index (χ1v) is 6.13. The Kier molecular flexibility index (Phi) is 2.30. The minimum atomic E-state index is 0.633. The van der Waals surface area contributed by atoms with Crippen molar-refractivity contribution in [3.05, 3.63) is 41.4 Å². The number of carbonyl (C=O) groups excluding carboxylic acids is 1. The molecule has 3 rings (SSSR count). The second kappa shape index (κ2) is 3.82. The zero-order valence-electron chi connectivity index (χ0n) is 9.25. The molecule has 0 amide bonds. The molecule has 0 radical (unpaired) electrons. The Bertz CT molecular complexity index is 696. The smallest absolute Gasteiger partial charge is 0.153 e. The van der Waals surface area contributed by atoms with E-state index in [1.807, 2.05) is 19.2 Å². The highest BCUT2D eigenvalue weighted by Crippen LogP contribution is 2.32. The SMILES string of the molecule is Cn1cc(C=O)c(-c2cccc3ccsc23)n1. The van der Waals surface area contributed by atoms with Gasteiger partial charge in [0.25, 0.3) is 0 Å². The Labute approximate surface area is 102 Å². The average Bonchev–Trinajstić information content (AvgIpc) is 2.93. The first kappa shape index (κ1) is 10.2. The van der Waals surface area contributed by atoms with Gasteiger partial charge in [0.2, 0.25) is 0 Å². The predicted octanol–water partition coefficient (Wildman–Crippen LogP) is 3.11. The Morgan fingerprint density at radius 3 is 3.06 bits per heavy atom. The van der Waals surface area contributed by atoms with Crippen LogP contribution < -0.4 is 0 Å². The molecule has 0 aliphatic carbocycles. The Morgan fingerprint density at radius 2 is 2.24 bits per heavy atom. The topological polar surface area (TPSA) is 34.9 Å². The van der Waals surface area contributed by atoms with Crippen LogP contribution in [0.4, 0.5) is 0 Å². The second-order valence-electron chi connectivity index (χ2n) is 3.87. The van der Waals surface area contributed by atoms with E-state index in [0.717, 1.165) is 17.5 Å². The van der Waals surface area contributed by atoms with Crippen LogP contribution in [0.2, 0.25) is 0 Å². The van der Waals surface area contributed by atoms with E-state index in [1.54, 1.807) is 22.2 Å². The molecular weight excluding hydrogens is 232 g/mol. The van der Waals surface area contributed by atoms with Gasteiger partial charge in [-0.25, -0.2) is 0 Å². The van der Waals surface area contributed by atoms with E-state index >= 15 is 0 Å². The number of rotatable bonds is 2. The Hall–Kier alpha value is -1.94. The molecule has 4 heteroatoms. The summed E-state index contributed by atoms with van der Waals surface area (Å²) in [6, 6.07) is 8.15. The van der Waals surface area contributed by atoms with Crippen molar-refractivity contribution < 1.29 is 4.79 Å². The van der Waals surface area contributed by atoms with Crippen LogP contribution in [-0.2, 0) is 7.05 Å². The van der Waals surface area contributed by atoms with Gasteiger partial charge < -0.3 is 0 Å². The fourth-order valence-corrected chi connectivity index (χ4v) is 2.90. The molecule has 0 saturated carbocycles. The summed E-state index contributed by atoms with van der Waals surface area (Å²) in [4.78, 5) is 11.0. The number of thiophene rings is 1. The summed E-state index contributed by atoms with van der Waals surface area (Å²) in [7, 11) is 1.82. The first-order chi connectivity index (χ1) is 8.29. The fraction of sp³-hybridized carbons (Fsp3) is 0.0769. The zero-order valence-corrected chi connectivity index (χ0v) is 10.1. The van der Waals surface area contributed by atoms with E-state index in [0.29, 0.717) is 5.56 Å². The summed E-state index contributed by atoms with van der Waals surface area (Å²) in [6.45, 7) is 0. The fourth-order valence-electron chi connectivity index (χ4n) is 1.98. The number of aldehydes is 1. The van der Waals surface area contributed by atoms with Crippen molar-refractivity contribution in [2.45, 2.75) is 0 Å². The average molecular weight is 242 g/mol. The Balaban J connectivity index is 2.33. The van der Waals surface area contributed by atoms with E-state index in [-0.39, 0.29) is 0 Å². The van der Waals surface area contributed by atoms with Gasteiger partial charge >= 0.3 is 0 Å². The van der Waals surface area contributed by atoms with Crippen LogP contribution in [0.3, 0.4) is 0 Å². The lowest BCUT2D eigenvalue weighted by molar-refractivity contribution is 0.112. The quantitative estimate of drug-likeness (QED) is 0.647. The molecule has 0 atom stereocenters. The van der Waals surface area contributed by atoms with Crippen LogP contribution in [0.1, 0.15) is 10.4 Å². The summed E-state index contributed by atoms with van der Waals surface area (Å²) in [5.41, 5.74) is 2.42. The molecule has 0 saturated heterocycles. The Morgan fingerprint density at radius 1 is 1.35 bits per heavy atom. The van der Waals surface area contributed by atoms with E-state index in [9.17, 15) is 4.79 Å². The lowest BCUT2D eigenvalue weighted by atomic mass is 10.1. The second-order valence-corrected chi connectivity index (χ2v) is 4.79. The van der Waals surface area contributed by atoms with Crippen LogP contribution in [0.25, 0.3) is 21.3 Å². The number of hydrogen-bond acceptors (Lipinski definition) is 3. The van der Waals surface area contributed by atoms with Gasteiger partial charge in [0.15, 0.2) is 6.29 Å². The number of benzene rings is 1. The standard InChI is InChI=1S/C13H10N2OS/c1-15-7-10(8-16)12(14-15)11-4-2-3-9-5-6-17-13(9)11/h2-8H,1H3. The van der Waals surface area contributed by atoms with E-state index in [1.165, 1.54) is 10.1 Å². The molecule has 3 aromatic rings. The van der Waals surface area contributed by atoms with Crippen molar-refractivity contribution in [3.8, 4) is 11.3 Å². The van der Waals surface area contributed by atoms with Gasteiger partial charge in [-0.1, -0.05) is 18.2 Å². The lowest BCUT2D eigenvalue weighted by Crippen LogP contribution is -1.88. The van der Waals surface area contributed by atoms with Crippen LogP contribution in [0.5, 0.6) is 0 Å². The number of fused-ring (bicyclic) bond motifs is 1. The van der Waals surface area contributed by atoms with Gasteiger partial charge in [0.05, 0.1) is 5.56 Å². The third-order valence-electron chi connectivity index (χ3n) is 2.72. The van der Waals surface area contributed by atoms with E-state index < -0.39 is 0 Å². The summed E-state index contributed by atoms with van der Waals surface area (Å²) >= 11 is 1.67. The maximum Gasteiger partial charge on any atom is 0.153 e. The van der Waals surface area contributed by atoms with Crippen LogP contribution in [0.15, 0.2) is 35.8 Å². The molecule has 3 nitrogen and oxygen atoms in total. The summed E-state index contributed by atoms with van der Waals surface area (Å²) in [5, 5.41) is 7.62. The molecule has 2 heterocycles. The highest BCUT2D eigenvalue weighted by atomic mass is 32.1. The van der Waals surface area contributed by atoms with Gasteiger partial charge in [0, 0.05) is 23.5 Å². The molecule has 1 aromatic carbocycles.